The monoisotopic (exact) mass is 282 g/mol. The first-order chi connectivity index (χ1) is 9.04. The second kappa shape index (κ2) is 5.93. The van der Waals surface area contributed by atoms with Crippen molar-refractivity contribution in [3.63, 3.8) is 0 Å². The summed E-state index contributed by atoms with van der Waals surface area (Å²) in [5.41, 5.74) is -0.0265. The minimum Gasteiger partial charge on any atom is -0.293 e. The zero-order valence-electron chi connectivity index (χ0n) is 9.70. The van der Waals surface area contributed by atoms with Gasteiger partial charge in [-0.3, -0.25) is 4.79 Å². The average molecular weight is 282 g/mol. The molecule has 2 rings (SSSR count). The van der Waals surface area contributed by atoms with E-state index in [-0.39, 0.29) is 11.3 Å². The largest absolute Gasteiger partial charge is 0.293 e. The summed E-state index contributed by atoms with van der Waals surface area (Å²) in [5, 5.41) is 0. The molecule has 0 heterocycles. The van der Waals surface area contributed by atoms with Gasteiger partial charge in [0, 0.05) is 16.5 Å². The molecule has 0 radical (unpaired) electrons. The number of ketones is 1. The zero-order chi connectivity index (χ0) is 13.8. The van der Waals surface area contributed by atoms with E-state index in [0.29, 0.717) is 11.0 Å². The van der Waals surface area contributed by atoms with E-state index in [2.05, 4.69) is 0 Å². The molecular formula is C14H9F3OS. The van der Waals surface area contributed by atoms with E-state index >= 15 is 0 Å². The standard InChI is InChI=1S/C14H9F3OS/c15-10-2-1-3-13(7-10)19-8-14(18)9-4-11(16)6-12(17)5-9/h1-7H,8H2. The van der Waals surface area contributed by atoms with Gasteiger partial charge in [0.05, 0.1) is 5.75 Å². The first-order valence-corrected chi connectivity index (χ1v) is 6.41. The lowest BCUT2D eigenvalue weighted by Crippen LogP contribution is -2.03. The summed E-state index contributed by atoms with van der Waals surface area (Å²) in [7, 11) is 0. The van der Waals surface area contributed by atoms with Gasteiger partial charge in [0.1, 0.15) is 17.5 Å². The lowest BCUT2D eigenvalue weighted by Gasteiger charge is -2.02. The molecule has 1 nitrogen and oxygen atoms in total. The molecule has 0 fully saturated rings. The third kappa shape index (κ3) is 3.86. The molecule has 0 unspecified atom stereocenters. The van der Waals surface area contributed by atoms with Crippen molar-refractivity contribution in [3.8, 4) is 0 Å². The lowest BCUT2D eigenvalue weighted by atomic mass is 10.1. The third-order valence-corrected chi connectivity index (χ3v) is 3.34. The fraction of sp³-hybridized carbons (Fsp3) is 0.0714. The predicted octanol–water partition coefficient (Wildman–Crippen LogP) is 4.08. The normalized spacial score (nSPS) is 10.5. The molecule has 0 saturated carbocycles. The van der Waals surface area contributed by atoms with Crippen LogP contribution in [-0.4, -0.2) is 11.5 Å². The Labute approximate surface area is 112 Å². The summed E-state index contributed by atoms with van der Waals surface area (Å²) in [5.74, 6) is -2.40. The second-order valence-corrected chi connectivity index (χ2v) is 4.88. The summed E-state index contributed by atoms with van der Waals surface area (Å²) in [4.78, 5) is 12.3. The maximum absolute atomic E-state index is 13.0. The molecule has 0 aromatic heterocycles. The van der Waals surface area contributed by atoms with E-state index in [9.17, 15) is 18.0 Å². The number of Topliss-reactive ketones (excluding diaryl/α,β-unsaturated/α-hetero) is 1. The first-order valence-electron chi connectivity index (χ1n) is 5.42. The first kappa shape index (κ1) is 13.7. The van der Waals surface area contributed by atoms with Gasteiger partial charge in [-0.15, -0.1) is 11.8 Å². The van der Waals surface area contributed by atoms with Crippen molar-refractivity contribution in [2.24, 2.45) is 0 Å². The quantitative estimate of drug-likeness (QED) is 0.621. The fourth-order valence-corrected chi connectivity index (χ4v) is 2.34. The van der Waals surface area contributed by atoms with Crippen LogP contribution in [0, 0.1) is 17.5 Å². The number of hydrogen-bond acceptors (Lipinski definition) is 2. The van der Waals surface area contributed by atoms with Crippen molar-refractivity contribution in [2.75, 3.05) is 5.75 Å². The second-order valence-electron chi connectivity index (χ2n) is 3.83. The number of rotatable bonds is 4. The number of benzene rings is 2. The van der Waals surface area contributed by atoms with Crippen molar-refractivity contribution >= 4 is 17.5 Å². The molecule has 19 heavy (non-hydrogen) atoms. The van der Waals surface area contributed by atoms with Crippen molar-refractivity contribution in [2.45, 2.75) is 4.90 Å². The maximum atomic E-state index is 13.0. The Kier molecular flexibility index (Phi) is 4.27. The fourth-order valence-electron chi connectivity index (χ4n) is 1.50. The van der Waals surface area contributed by atoms with E-state index in [0.717, 1.165) is 23.9 Å². The highest BCUT2D eigenvalue weighted by Gasteiger charge is 2.10. The van der Waals surface area contributed by atoms with Crippen LogP contribution >= 0.6 is 11.8 Å². The van der Waals surface area contributed by atoms with Crippen LogP contribution in [0.15, 0.2) is 47.4 Å². The molecule has 0 saturated heterocycles. The van der Waals surface area contributed by atoms with Gasteiger partial charge in [-0.05, 0) is 30.3 Å². The Hall–Kier alpha value is -1.75. The maximum Gasteiger partial charge on any atom is 0.173 e. The van der Waals surface area contributed by atoms with Crippen molar-refractivity contribution < 1.29 is 18.0 Å². The number of carbonyl (C=O) groups is 1. The van der Waals surface area contributed by atoms with Gasteiger partial charge in [-0.2, -0.15) is 0 Å². The average Bonchev–Trinajstić information content (AvgIpc) is 2.35. The van der Waals surface area contributed by atoms with E-state index in [1.165, 1.54) is 18.2 Å². The van der Waals surface area contributed by atoms with E-state index in [4.69, 9.17) is 0 Å². The summed E-state index contributed by atoms with van der Waals surface area (Å²) in [6.07, 6.45) is 0. The summed E-state index contributed by atoms with van der Waals surface area (Å²) >= 11 is 1.11. The Morgan fingerprint density at radius 2 is 1.63 bits per heavy atom. The van der Waals surface area contributed by atoms with E-state index < -0.39 is 23.2 Å². The molecule has 0 spiro atoms. The van der Waals surface area contributed by atoms with E-state index in [1.807, 2.05) is 0 Å². The highest BCUT2D eigenvalue weighted by Crippen LogP contribution is 2.20. The van der Waals surface area contributed by atoms with E-state index in [1.54, 1.807) is 6.07 Å². The smallest absolute Gasteiger partial charge is 0.173 e. The molecule has 0 aliphatic heterocycles. The summed E-state index contributed by atoms with van der Waals surface area (Å²) in [6.45, 7) is 0. The van der Waals surface area contributed by atoms with Crippen LogP contribution in [0.3, 0.4) is 0 Å². The molecule has 98 valence electrons. The van der Waals surface area contributed by atoms with Gasteiger partial charge in [0.2, 0.25) is 0 Å². The minimum absolute atomic E-state index is 0.00759. The van der Waals surface area contributed by atoms with Crippen LogP contribution in [0.4, 0.5) is 13.2 Å². The van der Waals surface area contributed by atoms with Crippen LogP contribution in [0.2, 0.25) is 0 Å². The number of carbonyl (C=O) groups excluding carboxylic acids is 1. The molecule has 0 bridgehead atoms. The molecular weight excluding hydrogens is 273 g/mol. The molecule has 0 aliphatic rings. The van der Waals surface area contributed by atoms with Crippen molar-refractivity contribution in [1.29, 1.82) is 0 Å². The Morgan fingerprint density at radius 1 is 0.947 bits per heavy atom. The third-order valence-electron chi connectivity index (χ3n) is 2.35. The Morgan fingerprint density at radius 3 is 2.26 bits per heavy atom. The van der Waals surface area contributed by atoms with Crippen LogP contribution in [0.1, 0.15) is 10.4 Å². The van der Waals surface area contributed by atoms with Gasteiger partial charge in [0.25, 0.3) is 0 Å². The molecule has 0 N–H and O–H groups in total. The molecule has 0 amide bonds. The van der Waals surface area contributed by atoms with Gasteiger partial charge in [-0.25, -0.2) is 13.2 Å². The van der Waals surface area contributed by atoms with Crippen molar-refractivity contribution in [3.05, 3.63) is 65.5 Å². The zero-order valence-corrected chi connectivity index (χ0v) is 10.5. The lowest BCUT2D eigenvalue weighted by molar-refractivity contribution is 0.102. The highest BCUT2D eigenvalue weighted by molar-refractivity contribution is 8.00. The van der Waals surface area contributed by atoms with Gasteiger partial charge in [-0.1, -0.05) is 6.07 Å². The topological polar surface area (TPSA) is 17.1 Å². The summed E-state index contributed by atoms with van der Waals surface area (Å²) < 4.78 is 38.8. The van der Waals surface area contributed by atoms with Crippen LogP contribution in [-0.2, 0) is 0 Å². The number of hydrogen-bond donors (Lipinski definition) is 0. The predicted molar refractivity (Wildman–Crippen MR) is 67.8 cm³/mol. The molecule has 2 aromatic rings. The van der Waals surface area contributed by atoms with Gasteiger partial charge < -0.3 is 0 Å². The molecule has 0 atom stereocenters. The number of thioether (sulfide) groups is 1. The summed E-state index contributed by atoms with van der Waals surface area (Å²) in [6, 6.07) is 8.46. The highest BCUT2D eigenvalue weighted by atomic mass is 32.2. The van der Waals surface area contributed by atoms with Crippen LogP contribution in [0.25, 0.3) is 0 Å². The SMILES string of the molecule is O=C(CSc1cccc(F)c1)c1cc(F)cc(F)c1. The van der Waals surface area contributed by atoms with Crippen LogP contribution < -0.4 is 0 Å². The molecule has 0 aliphatic carbocycles. The molecule has 2 aromatic carbocycles. The number of halogens is 3. The minimum atomic E-state index is -0.792. The van der Waals surface area contributed by atoms with Gasteiger partial charge >= 0.3 is 0 Å². The van der Waals surface area contributed by atoms with Crippen molar-refractivity contribution in [1.82, 2.24) is 0 Å². The van der Waals surface area contributed by atoms with Gasteiger partial charge in [0.15, 0.2) is 5.78 Å². The van der Waals surface area contributed by atoms with Crippen LogP contribution in [0.5, 0.6) is 0 Å². The molecule has 5 heteroatoms. The Balaban J connectivity index is 2.05. The Bertz CT molecular complexity index is 593.